The van der Waals surface area contributed by atoms with Gasteiger partial charge in [-0.3, -0.25) is 0 Å². The quantitative estimate of drug-likeness (QED) is 0.431. The van der Waals surface area contributed by atoms with Gasteiger partial charge in [-0.05, 0) is 13.5 Å². The summed E-state index contributed by atoms with van der Waals surface area (Å²) >= 11 is 0. The summed E-state index contributed by atoms with van der Waals surface area (Å²) < 4.78 is 5.21. The first-order valence-electron chi connectivity index (χ1n) is 4.34. The third-order valence-electron chi connectivity index (χ3n) is 2.16. The summed E-state index contributed by atoms with van der Waals surface area (Å²) in [6.07, 6.45) is 4.05. The number of epoxide rings is 1. The minimum atomic E-state index is 0.413. The first-order chi connectivity index (χ1) is 5.25. The van der Waals surface area contributed by atoms with Crippen LogP contribution in [0.15, 0.2) is 0 Å². The van der Waals surface area contributed by atoms with Crippen molar-refractivity contribution in [2.75, 3.05) is 13.7 Å². The highest BCUT2D eigenvalue weighted by Crippen LogP contribution is 2.21. The molecule has 0 saturated carbocycles. The summed E-state index contributed by atoms with van der Waals surface area (Å²) in [5.74, 6) is 0. The Bertz CT molecular complexity index is 113. The molecule has 2 unspecified atom stereocenters. The summed E-state index contributed by atoms with van der Waals surface area (Å²) in [5, 5.41) is 0. The highest BCUT2D eigenvalue weighted by atomic mass is 16.6. The van der Waals surface area contributed by atoms with E-state index in [9.17, 15) is 0 Å². The molecule has 0 aromatic heterocycles. The van der Waals surface area contributed by atoms with Crippen molar-refractivity contribution in [3.63, 3.8) is 0 Å². The van der Waals surface area contributed by atoms with Crippen LogP contribution in [0.4, 0.5) is 0 Å². The van der Waals surface area contributed by atoms with E-state index in [1.54, 1.807) is 4.81 Å². The molecule has 1 aliphatic heterocycles. The van der Waals surface area contributed by atoms with Gasteiger partial charge in [0.25, 0.3) is 0 Å². The average Bonchev–Trinajstić information content (AvgIpc) is 2.71. The topological polar surface area (TPSA) is 15.8 Å². The van der Waals surface area contributed by atoms with Crippen molar-refractivity contribution in [3.8, 4) is 0 Å². The van der Waals surface area contributed by atoms with Gasteiger partial charge in [0.1, 0.15) is 0 Å². The number of unbranched alkanes of at least 4 members (excludes halogenated alkanes) is 1. The zero-order valence-corrected chi connectivity index (χ0v) is 7.42. The fourth-order valence-corrected chi connectivity index (χ4v) is 1.34. The molecule has 0 aromatic carbocycles. The lowest BCUT2D eigenvalue weighted by Gasteiger charge is -2.22. The number of ether oxygens (including phenoxy) is 1. The number of nitrogens with zero attached hydrogens (tertiary/aromatic N) is 1. The second-order valence-corrected chi connectivity index (χ2v) is 3.25. The van der Waals surface area contributed by atoms with Crippen molar-refractivity contribution in [2.45, 2.75) is 38.3 Å². The van der Waals surface area contributed by atoms with Crippen molar-refractivity contribution in [3.05, 3.63) is 0 Å². The summed E-state index contributed by atoms with van der Waals surface area (Å²) in [5.41, 5.74) is 0. The Hall–Kier alpha value is -0.0151. The summed E-state index contributed by atoms with van der Waals surface area (Å²) in [4.78, 5) is 1.79. The number of hydrogen-bond acceptors (Lipinski definition) is 2. The predicted octanol–water partition coefficient (Wildman–Crippen LogP) is 0.959. The molecule has 0 aromatic rings. The maximum atomic E-state index is 5.67. The first kappa shape index (κ1) is 9.08. The van der Waals surface area contributed by atoms with Crippen LogP contribution in [0, 0.1) is 0 Å². The maximum Gasteiger partial charge on any atom is 0.182 e. The lowest BCUT2D eigenvalue weighted by Crippen LogP contribution is -2.34. The van der Waals surface area contributed by atoms with Crippen molar-refractivity contribution in [1.82, 2.24) is 4.81 Å². The maximum absolute atomic E-state index is 5.67. The Morgan fingerprint density at radius 2 is 2.36 bits per heavy atom. The third kappa shape index (κ3) is 2.84. The lowest BCUT2D eigenvalue weighted by molar-refractivity contribution is 0.270. The van der Waals surface area contributed by atoms with Crippen LogP contribution in [0.3, 0.4) is 0 Å². The molecular weight excluding hydrogens is 137 g/mol. The van der Waals surface area contributed by atoms with E-state index in [4.69, 9.17) is 12.7 Å². The van der Waals surface area contributed by atoms with Crippen LogP contribution < -0.4 is 0 Å². The normalized spacial score (nSPS) is 25.5. The summed E-state index contributed by atoms with van der Waals surface area (Å²) in [6, 6.07) is 0.440. The molecule has 1 heterocycles. The van der Waals surface area contributed by atoms with Gasteiger partial charge in [-0.2, -0.15) is 0 Å². The fraction of sp³-hybridized carbons (Fsp3) is 1.00. The van der Waals surface area contributed by atoms with Gasteiger partial charge in [-0.25, -0.2) is 0 Å². The Kier molecular flexibility index (Phi) is 3.40. The SMILES string of the molecule is [B]N(C)C(CCCC)C1CO1. The van der Waals surface area contributed by atoms with Crippen molar-refractivity contribution in [1.29, 1.82) is 0 Å². The second kappa shape index (κ2) is 4.12. The molecule has 2 nitrogen and oxygen atoms in total. The van der Waals surface area contributed by atoms with Gasteiger partial charge >= 0.3 is 0 Å². The van der Waals surface area contributed by atoms with Gasteiger partial charge in [-0.15, -0.1) is 0 Å². The molecule has 1 saturated heterocycles. The minimum absolute atomic E-state index is 0.413. The molecule has 1 fully saturated rings. The van der Waals surface area contributed by atoms with Crippen LogP contribution >= 0.6 is 0 Å². The molecule has 1 aliphatic rings. The van der Waals surface area contributed by atoms with Crippen molar-refractivity contribution < 1.29 is 4.74 Å². The predicted molar refractivity (Wildman–Crippen MR) is 46.6 cm³/mol. The first-order valence-corrected chi connectivity index (χ1v) is 4.34. The van der Waals surface area contributed by atoms with E-state index in [1.807, 2.05) is 7.05 Å². The second-order valence-electron chi connectivity index (χ2n) is 3.25. The van der Waals surface area contributed by atoms with E-state index >= 15 is 0 Å². The van der Waals surface area contributed by atoms with E-state index < -0.39 is 0 Å². The Balaban J connectivity index is 2.21. The highest BCUT2D eigenvalue weighted by molar-refractivity contribution is 6.04. The molecular formula is C8H16BNO. The standard InChI is InChI=1S/C8H16BNO/c1-3-4-5-7(10(2)9)8-6-11-8/h7-8H,3-6H2,1-2H3. The van der Waals surface area contributed by atoms with Crippen molar-refractivity contribution >= 4 is 7.98 Å². The summed E-state index contributed by atoms with van der Waals surface area (Å²) in [6.45, 7) is 3.09. The molecule has 11 heavy (non-hydrogen) atoms. The van der Waals surface area contributed by atoms with Gasteiger partial charge in [0.2, 0.25) is 0 Å². The van der Waals surface area contributed by atoms with Crippen LogP contribution in [-0.4, -0.2) is 38.6 Å². The highest BCUT2D eigenvalue weighted by Gasteiger charge is 2.32. The molecule has 62 valence electrons. The molecule has 3 heteroatoms. The average molecular weight is 153 g/mol. The monoisotopic (exact) mass is 153 g/mol. The van der Waals surface area contributed by atoms with Crippen LogP contribution in [0.5, 0.6) is 0 Å². The molecule has 0 amide bonds. The molecule has 0 N–H and O–H groups in total. The van der Waals surface area contributed by atoms with Gasteiger partial charge in [-0.1, -0.05) is 19.8 Å². The van der Waals surface area contributed by atoms with Crippen LogP contribution in [0.2, 0.25) is 0 Å². The van der Waals surface area contributed by atoms with Gasteiger partial charge in [0.15, 0.2) is 7.98 Å². The van der Waals surface area contributed by atoms with E-state index in [0.717, 1.165) is 13.0 Å². The van der Waals surface area contributed by atoms with E-state index in [1.165, 1.54) is 12.8 Å². The smallest absolute Gasteiger partial charge is 0.182 e. The largest absolute Gasteiger partial charge is 0.371 e. The number of rotatable bonds is 5. The molecule has 1 rings (SSSR count). The molecule has 2 radical (unpaired) electrons. The van der Waals surface area contributed by atoms with Gasteiger partial charge in [0, 0.05) is 6.04 Å². The third-order valence-corrected chi connectivity index (χ3v) is 2.16. The van der Waals surface area contributed by atoms with E-state index in [-0.39, 0.29) is 0 Å². The van der Waals surface area contributed by atoms with Crippen LogP contribution in [-0.2, 0) is 4.74 Å². The van der Waals surface area contributed by atoms with E-state index in [0.29, 0.717) is 12.1 Å². The van der Waals surface area contributed by atoms with Gasteiger partial charge < -0.3 is 9.55 Å². The van der Waals surface area contributed by atoms with E-state index in [2.05, 4.69) is 6.92 Å². The number of likely N-dealkylation sites (N-methyl/N-ethyl adjacent to an activating group) is 1. The zero-order valence-electron chi connectivity index (χ0n) is 7.42. The molecule has 0 aliphatic carbocycles. The van der Waals surface area contributed by atoms with Crippen LogP contribution in [0.1, 0.15) is 26.2 Å². The minimum Gasteiger partial charge on any atom is -0.371 e. The molecule has 0 bridgehead atoms. The lowest BCUT2D eigenvalue weighted by atomic mass is 10.0. The van der Waals surface area contributed by atoms with Crippen molar-refractivity contribution in [2.24, 2.45) is 0 Å². The zero-order chi connectivity index (χ0) is 8.27. The van der Waals surface area contributed by atoms with Crippen LogP contribution in [0.25, 0.3) is 0 Å². The summed E-state index contributed by atoms with van der Waals surface area (Å²) in [7, 11) is 7.59. The fourth-order valence-electron chi connectivity index (χ4n) is 1.34. The Morgan fingerprint density at radius 3 is 2.73 bits per heavy atom. The molecule has 2 atom stereocenters. The molecule has 0 spiro atoms. The Morgan fingerprint density at radius 1 is 1.73 bits per heavy atom. The Labute approximate surface area is 70.3 Å². The van der Waals surface area contributed by atoms with Gasteiger partial charge in [0.05, 0.1) is 12.7 Å². The number of hydrogen-bond donors (Lipinski definition) is 0.